The number of carbonyl (C=O) groups is 1. The van der Waals surface area contributed by atoms with E-state index in [-0.39, 0.29) is 5.91 Å². The first kappa shape index (κ1) is 12.6. The van der Waals surface area contributed by atoms with Crippen LogP contribution in [-0.4, -0.2) is 15.5 Å². The molecular formula is C14H12N4OS. The highest BCUT2D eigenvalue weighted by atomic mass is 32.1. The number of aromatic nitrogens is 2. The van der Waals surface area contributed by atoms with Crippen LogP contribution >= 0.6 is 11.3 Å². The molecule has 0 saturated carbocycles. The molecular weight excluding hydrogens is 272 g/mol. The van der Waals surface area contributed by atoms with Gasteiger partial charge < -0.3 is 4.57 Å². The van der Waals surface area contributed by atoms with Gasteiger partial charge in [0.1, 0.15) is 0 Å². The van der Waals surface area contributed by atoms with Crippen molar-refractivity contribution in [3.8, 4) is 0 Å². The molecule has 6 heteroatoms. The van der Waals surface area contributed by atoms with Gasteiger partial charge in [0.2, 0.25) is 4.80 Å². The number of carbonyl (C=O) groups excluding carboxylic acids is 1. The van der Waals surface area contributed by atoms with Crippen LogP contribution in [0.1, 0.15) is 10.4 Å². The Kier molecular flexibility index (Phi) is 3.30. The minimum absolute atomic E-state index is 0.268. The van der Waals surface area contributed by atoms with Crippen molar-refractivity contribution in [2.75, 3.05) is 0 Å². The molecule has 20 heavy (non-hydrogen) atoms. The molecule has 1 aromatic carbocycles. The Hall–Kier alpha value is -2.47. The summed E-state index contributed by atoms with van der Waals surface area (Å²) in [5.74, 6) is -0.268. The Morgan fingerprint density at radius 1 is 1.30 bits per heavy atom. The predicted molar refractivity (Wildman–Crippen MR) is 78.1 cm³/mol. The van der Waals surface area contributed by atoms with Crippen LogP contribution in [0.3, 0.4) is 0 Å². The molecule has 0 spiro atoms. The standard InChI is InChI=1S/C14H12N4OS/c1-18-11-6-2-3-7-12(11)20-14(18)17-16-13(19)10-5-4-8-15-9-10/h2-9H,1H3,(H,16,19)/b17-14-. The lowest BCUT2D eigenvalue weighted by Crippen LogP contribution is -2.23. The first-order chi connectivity index (χ1) is 9.75. The van der Waals surface area contributed by atoms with Crippen LogP contribution in [0.25, 0.3) is 10.2 Å². The van der Waals surface area contributed by atoms with Crippen LogP contribution < -0.4 is 10.2 Å². The zero-order chi connectivity index (χ0) is 13.9. The molecule has 1 N–H and O–H groups in total. The zero-order valence-electron chi connectivity index (χ0n) is 10.8. The van der Waals surface area contributed by atoms with Crippen molar-refractivity contribution in [1.29, 1.82) is 0 Å². The smallest absolute Gasteiger partial charge is 0.273 e. The van der Waals surface area contributed by atoms with Crippen LogP contribution in [0.4, 0.5) is 0 Å². The van der Waals surface area contributed by atoms with Crippen molar-refractivity contribution in [3.63, 3.8) is 0 Å². The maximum Gasteiger partial charge on any atom is 0.273 e. The third-order valence-electron chi connectivity index (χ3n) is 2.89. The molecule has 100 valence electrons. The summed E-state index contributed by atoms with van der Waals surface area (Å²) in [5.41, 5.74) is 4.13. The Morgan fingerprint density at radius 3 is 2.90 bits per heavy atom. The maximum absolute atomic E-state index is 11.9. The monoisotopic (exact) mass is 284 g/mol. The number of nitrogens with zero attached hydrogens (tertiary/aromatic N) is 3. The number of hydrogen-bond acceptors (Lipinski definition) is 4. The first-order valence-electron chi connectivity index (χ1n) is 6.04. The highest BCUT2D eigenvalue weighted by Crippen LogP contribution is 2.14. The van der Waals surface area contributed by atoms with E-state index in [1.807, 2.05) is 35.9 Å². The number of thiazole rings is 1. The molecule has 2 heterocycles. The predicted octanol–water partition coefficient (Wildman–Crippen LogP) is 1.88. The van der Waals surface area contributed by atoms with Gasteiger partial charge in [0.15, 0.2) is 0 Å². The molecule has 0 saturated heterocycles. The van der Waals surface area contributed by atoms with Crippen molar-refractivity contribution >= 4 is 27.5 Å². The molecule has 3 rings (SSSR count). The number of aryl methyl sites for hydroxylation is 1. The van der Waals surface area contributed by atoms with E-state index in [0.29, 0.717) is 5.56 Å². The SMILES string of the molecule is Cn1/c(=N/NC(=O)c2cccnc2)sc2ccccc21. The third-order valence-corrected chi connectivity index (χ3v) is 4.00. The fourth-order valence-corrected chi connectivity index (χ4v) is 2.83. The molecule has 0 fully saturated rings. The van der Waals surface area contributed by atoms with E-state index in [4.69, 9.17) is 0 Å². The Balaban J connectivity index is 1.92. The molecule has 2 aromatic heterocycles. The molecule has 0 aliphatic heterocycles. The van der Waals surface area contributed by atoms with E-state index in [9.17, 15) is 4.79 Å². The molecule has 0 aliphatic carbocycles. The van der Waals surface area contributed by atoms with Gasteiger partial charge in [0.05, 0.1) is 15.8 Å². The second kappa shape index (κ2) is 5.26. The largest absolute Gasteiger partial charge is 0.318 e. The van der Waals surface area contributed by atoms with Gasteiger partial charge in [0, 0.05) is 19.4 Å². The molecule has 3 aromatic rings. The molecule has 5 nitrogen and oxygen atoms in total. The number of nitrogens with one attached hydrogen (secondary N) is 1. The molecule has 0 aliphatic rings. The van der Waals surface area contributed by atoms with E-state index < -0.39 is 0 Å². The van der Waals surface area contributed by atoms with Gasteiger partial charge in [-0.3, -0.25) is 9.78 Å². The Morgan fingerprint density at radius 2 is 2.15 bits per heavy atom. The molecule has 1 amide bonds. The molecule has 0 atom stereocenters. The van der Waals surface area contributed by atoms with Gasteiger partial charge in [-0.05, 0) is 24.3 Å². The van der Waals surface area contributed by atoms with Crippen molar-refractivity contribution in [2.24, 2.45) is 12.1 Å². The number of hydrogen-bond donors (Lipinski definition) is 1. The number of rotatable bonds is 2. The van der Waals surface area contributed by atoms with Crippen molar-refractivity contribution in [1.82, 2.24) is 15.0 Å². The van der Waals surface area contributed by atoms with E-state index in [2.05, 4.69) is 15.5 Å². The number of benzene rings is 1. The normalized spacial score (nSPS) is 11.8. The highest BCUT2D eigenvalue weighted by Gasteiger charge is 2.05. The zero-order valence-corrected chi connectivity index (χ0v) is 11.6. The summed E-state index contributed by atoms with van der Waals surface area (Å²) in [6, 6.07) is 11.4. The van der Waals surface area contributed by atoms with Gasteiger partial charge in [-0.25, -0.2) is 5.43 Å². The third kappa shape index (κ3) is 2.33. The number of pyridine rings is 1. The lowest BCUT2D eigenvalue weighted by molar-refractivity contribution is 0.0952. The van der Waals surface area contributed by atoms with Crippen LogP contribution in [0.5, 0.6) is 0 Å². The van der Waals surface area contributed by atoms with Crippen molar-refractivity contribution in [2.45, 2.75) is 0 Å². The summed E-state index contributed by atoms with van der Waals surface area (Å²) < 4.78 is 3.08. The first-order valence-corrected chi connectivity index (χ1v) is 6.86. The Labute approximate surface area is 119 Å². The maximum atomic E-state index is 11.9. The fraction of sp³-hybridized carbons (Fsp3) is 0.0714. The summed E-state index contributed by atoms with van der Waals surface area (Å²) in [4.78, 5) is 16.5. The second-order valence-corrected chi connectivity index (χ2v) is 5.21. The van der Waals surface area contributed by atoms with Crippen LogP contribution in [0, 0.1) is 0 Å². The highest BCUT2D eigenvalue weighted by molar-refractivity contribution is 7.16. The van der Waals surface area contributed by atoms with Crippen molar-refractivity contribution < 1.29 is 4.79 Å². The van der Waals surface area contributed by atoms with E-state index >= 15 is 0 Å². The van der Waals surface area contributed by atoms with Crippen molar-refractivity contribution in [3.05, 3.63) is 59.2 Å². The summed E-state index contributed by atoms with van der Waals surface area (Å²) in [5, 5.41) is 4.17. The van der Waals surface area contributed by atoms with E-state index in [0.717, 1.165) is 15.0 Å². The quantitative estimate of drug-likeness (QED) is 0.730. The lowest BCUT2D eigenvalue weighted by atomic mass is 10.3. The van der Waals surface area contributed by atoms with Gasteiger partial charge in [-0.2, -0.15) is 0 Å². The average molecular weight is 284 g/mol. The van der Waals surface area contributed by atoms with Gasteiger partial charge in [0.25, 0.3) is 5.91 Å². The van der Waals surface area contributed by atoms with E-state index in [1.54, 1.807) is 18.3 Å². The number of amides is 1. The Bertz CT molecular complexity index is 820. The summed E-state index contributed by atoms with van der Waals surface area (Å²) in [6.45, 7) is 0. The summed E-state index contributed by atoms with van der Waals surface area (Å²) in [6.07, 6.45) is 3.13. The lowest BCUT2D eigenvalue weighted by Gasteiger charge is -1.98. The van der Waals surface area contributed by atoms with E-state index in [1.165, 1.54) is 17.5 Å². The van der Waals surface area contributed by atoms with Crippen LogP contribution in [0.2, 0.25) is 0 Å². The minimum Gasteiger partial charge on any atom is -0.318 e. The molecule has 0 bridgehead atoms. The van der Waals surface area contributed by atoms with Crippen LogP contribution in [-0.2, 0) is 7.05 Å². The summed E-state index contributed by atoms with van der Waals surface area (Å²) >= 11 is 1.53. The van der Waals surface area contributed by atoms with Crippen LogP contribution in [0.15, 0.2) is 53.9 Å². The molecule has 0 radical (unpaired) electrons. The van der Waals surface area contributed by atoms with Gasteiger partial charge >= 0.3 is 0 Å². The molecule has 0 unspecified atom stereocenters. The number of para-hydroxylation sites is 1. The van der Waals surface area contributed by atoms with Gasteiger partial charge in [-0.15, -0.1) is 5.10 Å². The van der Waals surface area contributed by atoms with Gasteiger partial charge in [-0.1, -0.05) is 23.5 Å². The second-order valence-electron chi connectivity index (χ2n) is 4.21. The summed E-state index contributed by atoms with van der Waals surface area (Å²) in [7, 11) is 1.92. The minimum atomic E-state index is -0.268. The average Bonchev–Trinajstić information content (AvgIpc) is 2.83. The topological polar surface area (TPSA) is 59.3 Å². The number of fused-ring (bicyclic) bond motifs is 1. The fourth-order valence-electron chi connectivity index (χ4n) is 1.85.